The molecule has 1 N–H and O–H groups in total. The molecule has 0 aliphatic carbocycles. The lowest BCUT2D eigenvalue weighted by molar-refractivity contribution is 0.132. The minimum absolute atomic E-state index is 0.217. The molecule has 0 bridgehead atoms. The van der Waals surface area contributed by atoms with Crippen molar-refractivity contribution in [1.29, 1.82) is 0 Å². The van der Waals surface area contributed by atoms with Gasteiger partial charge in [-0.2, -0.15) is 0 Å². The minimum atomic E-state index is -0.859. The molecule has 1 fully saturated rings. The van der Waals surface area contributed by atoms with E-state index in [0.717, 1.165) is 29.4 Å². The van der Waals surface area contributed by atoms with Crippen LogP contribution in [0.3, 0.4) is 0 Å². The van der Waals surface area contributed by atoms with E-state index < -0.39 is 6.09 Å². The van der Waals surface area contributed by atoms with E-state index in [1.807, 2.05) is 12.1 Å². The third kappa shape index (κ3) is 2.86. The number of aromatic nitrogens is 2. The zero-order valence-corrected chi connectivity index (χ0v) is 13.2. The highest BCUT2D eigenvalue weighted by Gasteiger charge is 2.26. The van der Waals surface area contributed by atoms with Crippen molar-refractivity contribution in [2.75, 3.05) is 27.3 Å². The largest absolute Gasteiger partial charge is 0.493 e. The summed E-state index contributed by atoms with van der Waals surface area (Å²) in [6, 6.07) is 3.73. The maximum absolute atomic E-state index is 11.0. The Morgan fingerprint density at radius 1 is 1.17 bits per heavy atom. The van der Waals surface area contributed by atoms with E-state index >= 15 is 0 Å². The third-order valence-corrected chi connectivity index (χ3v) is 4.32. The van der Waals surface area contributed by atoms with Crippen molar-refractivity contribution in [3.05, 3.63) is 24.2 Å². The van der Waals surface area contributed by atoms with Crippen LogP contribution in [-0.2, 0) is 0 Å². The Morgan fingerprint density at radius 3 is 2.43 bits per heavy atom. The van der Waals surface area contributed by atoms with Crippen molar-refractivity contribution in [3.8, 4) is 11.5 Å². The quantitative estimate of drug-likeness (QED) is 0.936. The Kier molecular flexibility index (Phi) is 4.18. The fourth-order valence-corrected chi connectivity index (χ4v) is 3.07. The lowest BCUT2D eigenvalue weighted by Gasteiger charge is -2.30. The van der Waals surface area contributed by atoms with Gasteiger partial charge in [0.1, 0.15) is 6.33 Å². The number of methoxy groups -OCH3 is 2. The molecule has 1 amide bonds. The van der Waals surface area contributed by atoms with Gasteiger partial charge in [0.05, 0.1) is 25.4 Å². The molecule has 2 heterocycles. The number of rotatable bonds is 3. The van der Waals surface area contributed by atoms with Crippen LogP contribution in [0.15, 0.2) is 18.5 Å². The molecule has 0 spiro atoms. The van der Waals surface area contributed by atoms with Crippen molar-refractivity contribution in [2.45, 2.75) is 18.8 Å². The number of carbonyl (C=O) groups is 1. The first-order chi connectivity index (χ1) is 11.1. The van der Waals surface area contributed by atoms with Crippen molar-refractivity contribution in [1.82, 2.24) is 14.9 Å². The van der Waals surface area contributed by atoms with Gasteiger partial charge >= 0.3 is 6.09 Å². The highest BCUT2D eigenvalue weighted by molar-refractivity contribution is 5.85. The van der Waals surface area contributed by atoms with Crippen LogP contribution >= 0.6 is 0 Å². The number of nitrogens with zero attached hydrogens (tertiary/aromatic N) is 3. The first-order valence-electron chi connectivity index (χ1n) is 7.48. The van der Waals surface area contributed by atoms with E-state index in [9.17, 15) is 4.79 Å². The monoisotopic (exact) mass is 317 g/mol. The molecular formula is C16H19N3O4. The summed E-state index contributed by atoms with van der Waals surface area (Å²) >= 11 is 0. The topological polar surface area (TPSA) is 84.8 Å². The van der Waals surface area contributed by atoms with Crippen LogP contribution < -0.4 is 9.47 Å². The van der Waals surface area contributed by atoms with E-state index in [4.69, 9.17) is 14.6 Å². The van der Waals surface area contributed by atoms with Crippen molar-refractivity contribution >= 4 is 17.0 Å². The van der Waals surface area contributed by atoms with Gasteiger partial charge in [0.25, 0.3) is 0 Å². The van der Waals surface area contributed by atoms with Crippen LogP contribution in [0.25, 0.3) is 10.9 Å². The fourth-order valence-electron chi connectivity index (χ4n) is 3.07. The highest BCUT2D eigenvalue weighted by atomic mass is 16.5. The summed E-state index contributed by atoms with van der Waals surface area (Å²) in [5.74, 6) is 1.48. The fraction of sp³-hybridized carbons (Fsp3) is 0.438. The molecule has 3 rings (SSSR count). The molecule has 23 heavy (non-hydrogen) atoms. The van der Waals surface area contributed by atoms with Crippen LogP contribution in [-0.4, -0.2) is 53.4 Å². The number of carboxylic acid groups (broad SMARTS) is 1. The standard InChI is InChI=1S/C16H19N3O4/c1-22-13-7-11-12(8-14(13)23-2)17-9-18-15(11)10-3-5-19(6-4-10)16(20)21/h7-10H,3-6H2,1-2H3,(H,20,21). The molecule has 0 unspecified atom stereocenters. The van der Waals surface area contributed by atoms with Crippen LogP contribution in [0.5, 0.6) is 11.5 Å². The maximum Gasteiger partial charge on any atom is 0.407 e. The van der Waals surface area contributed by atoms with Crippen LogP contribution in [0.1, 0.15) is 24.5 Å². The number of fused-ring (bicyclic) bond motifs is 1. The summed E-state index contributed by atoms with van der Waals surface area (Å²) in [6.45, 7) is 1.05. The number of piperidine rings is 1. The molecule has 1 aliphatic heterocycles. The second-order valence-electron chi connectivity index (χ2n) is 5.53. The summed E-state index contributed by atoms with van der Waals surface area (Å²) in [5.41, 5.74) is 1.74. The van der Waals surface area contributed by atoms with Crippen LogP contribution in [0.4, 0.5) is 4.79 Å². The average Bonchev–Trinajstić information content (AvgIpc) is 2.60. The summed E-state index contributed by atoms with van der Waals surface area (Å²) in [7, 11) is 3.19. The summed E-state index contributed by atoms with van der Waals surface area (Å²) < 4.78 is 10.7. The zero-order valence-electron chi connectivity index (χ0n) is 13.2. The van der Waals surface area contributed by atoms with Crippen molar-refractivity contribution < 1.29 is 19.4 Å². The van der Waals surface area contributed by atoms with Gasteiger partial charge in [-0.1, -0.05) is 0 Å². The molecule has 0 atom stereocenters. The van der Waals surface area contributed by atoms with Gasteiger partial charge in [-0.15, -0.1) is 0 Å². The second-order valence-corrected chi connectivity index (χ2v) is 5.53. The number of ether oxygens (including phenoxy) is 2. The number of hydrogen-bond acceptors (Lipinski definition) is 5. The lowest BCUT2D eigenvalue weighted by Crippen LogP contribution is -2.37. The molecule has 1 aromatic heterocycles. The van der Waals surface area contributed by atoms with Gasteiger partial charge in [-0.05, 0) is 18.9 Å². The van der Waals surface area contributed by atoms with Crippen LogP contribution in [0, 0.1) is 0 Å². The van der Waals surface area contributed by atoms with E-state index in [-0.39, 0.29) is 5.92 Å². The van der Waals surface area contributed by atoms with Crippen LogP contribution in [0.2, 0.25) is 0 Å². The van der Waals surface area contributed by atoms with Gasteiger partial charge in [-0.25, -0.2) is 14.8 Å². The molecule has 1 aromatic carbocycles. The average molecular weight is 317 g/mol. The number of benzene rings is 1. The van der Waals surface area contributed by atoms with E-state index in [2.05, 4.69) is 9.97 Å². The minimum Gasteiger partial charge on any atom is -0.493 e. The Labute approximate surface area is 133 Å². The Balaban J connectivity index is 1.97. The molecule has 1 aliphatic rings. The third-order valence-electron chi connectivity index (χ3n) is 4.32. The normalized spacial score (nSPS) is 15.7. The number of amides is 1. The molecule has 1 saturated heterocycles. The van der Waals surface area contributed by atoms with Gasteiger partial charge in [0.15, 0.2) is 11.5 Å². The second kappa shape index (κ2) is 6.28. The maximum atomic E-state index is 11.0. The summed E-state index contributed by atoms with van der Waals surface area (Å²) in [6.07, 6.45) is 2.20. The summed E-state index contributed by atoms with van der Waals surface area (Å²) in [5, 5.41) is 9.99. The highest BCUT2D eigenvalue weighted by Crippen LogP contribution is 2.36. The number of likely N-dealkylation sites (tertiary alicyclic amines) is 1. The number of hydrogen-bond donors (Lipinski definition) is 1. The Bertz CT molecular complexity index is 727. The van der Waals surface area contributed by atoms with Gasteiger partial charge in [0.2, 0.25) is 0 Å². The Morgan fingerprint density at radius 2 is 1.83 bits per heavy atom. The molecular weight excluding hydrogens is 298 g/mol. The van der Waals surface area contributed by atoms with Gasteiger partial charge in [-0.3, -0.25) is 0 Å². The predicted octanol–water partition coefficient (Wildman–Crippen LogP) is 2.50. The first kappa shape index (κ1) is 15.3. The Hall–Kier alpha value is -2.57. The molecule has 122 valence electrons. The molecule has 0 radical (unpaired) electrons. The molecule has 0 saturated carbocycles. The zero-order chi connectivity index (χ0) is 16.4. The molecule has 7 heteroatoms. The van der Waals surface area contributed by atoms with Gasteiger partial charge in [0, 0.05) is 30.5 Å². The van der Waals surface area contributed by atoms with Crippen molar-refractivity contribution in [3.63, 3.8) is 0 Å². The lowest BCUT2D eigenvalue weighted by atomic mass is 9.91. The first-order valence-corrected chi connectivity index (χ1v) is 7.48. The molecule has 7 nitrogen and oxygen atoms in total. The summed E-state index contributed by atoms with van der Waals surface area (Å²) in [4.78, 5) is 21.3. The SMILES string of the molecule is COc1cc2ncnc(C3CCN(C(=O)O)CC3)c2cc1OC. The smallest absolute Gasteiger partial charge is 0.407 e. The van der Waals surface area contributed by atoms with Crippen molar-refractivity contribution in [2.24, 2.45) is 0 Å². The molecule has 2 aromatic rings. The van der Waals surface area contributed by atoms with E-state index in [1.165, 1.54) is 4.90 Å². The van der Waals surface area contributed by atoms with E-state index in [1.54, 1.807) is 20.5 Å². The van der Waals surface area contributed by atoms with Gasteiger partial charge < -0.3 is 19.5 Å². The predicted molar refractivity (Wildman–Crippen MR) is 84.2 cm³/mol. The van der Waals surface area contributed by atoms with E-state index in [0.29, 0.717) is 24.6 Å².